The molecule has 0 atom stereocenters. The summed E-state index contributed by atoms with van der Waals surface area (Å²) in [4.78, 5) is 43.4. The lowest BCUT2D eigenvalue weighted by atomic mass is 10.1. The van der Waals surface area contributed by atoms with Crippen LogP contribution in [0.3, 0.4) is 0 Å². The molecule has 0 aliphatic carbocycles. The Bertz CT molecular complexity index is 1370. The second kappa shape index (κ2) is 11.8. The van der Waals surface area contributed by atoms with Gasteiger partial charge in [0.05, 0.1) is 9.80 Å². The van der Waals surface area contributed by atoms with Gasteiger partial charge in [-0.15, -0.1) is 11.3 Å². The molecule has 2 aliphatic heterocycles. The van der Waals surface area contributed by atoms with Crippen LogP contribution in [0.1, 0.15) is 32.9 Å². The number of carbonyl (C=O) groups excluding carboxylic acids is 2. The van der Waals surface area contributed by atoms with Gasteiger partial charge in [-0.05, 0) is 72.9 Å². The maximum atomic E-state index is 12.8. The van der Waals surface area contributed by atoms with Gasteiger partial charge in [0.15, 0.2) is 5.11 Å². The van der Waals surface area contributed by atoms with E-state index in [4.69, 9.17) is 12.2 Å². The van der Waals surface area contributed by atoms with E-state index >= 15 is 0 Å². The molecule has 3 heterocycles. The number of nitrogens with one attached hydrogen (secondary N) is 2. The van der Waals surface area contributed by atoms with E-state index in [-0.39, 0.29) is 22.3 Å². The van der Waals surface area contributed by atoms with Crippen molar-refractivity contribution < 1.29 is 14.5 Å². The molecule has 0 spiro atoms. The summed E-state index contributed by atoms with van der Waals surface area (Å²) in [5, 5.41) is 19.2. The minimum absolute atomic E-state index is 0.0805. The second-order valence-electron chi connectivity index (χ2n) is 9.37. The van der Waals surface area contributed by atoms with Gasteiger partial charge in [0, 0.05) is 62.3 Å². The number of nitro benzene ring substituents is 1. The fourth-order valence-electron chi connectivity index (χ4n) is 4.85. The highest BCUT2D eigenvalue weighted by Gasteiger charge is 2.25. The summed E-state index contributed by atoms with van der Waals surface area (Å²) in [7, 11) is 0. The molecule has 2 amide bonds. The van der Waals surface area contributed by atoms with Gasteiger partial charge < -0.3 is 20.0 Å². The van der Waals surface area contributed by atoms with Gasteiger partial charge in [-0.3, -0.25) is 25.0 Å². The van der Waals surface area contributed by atoms with Crippen LogP contribution >= 0.6 is 23.6 Å². The van der Waals surface area contributed by atoms with Gasteiger partial charge in [-0.2, -0.15) is 0 Å². The van der Waals surface area contributed by atoms with Gasteiger partial charge >= 0.3 is 0 Å². The third-order valence-corrected chi connectivity index (χ3v) is 7.96. The van der Waals surface area contributed by atoms with E-state index in [1.54, 1.807) is 12.1 Å². The number of amides is 2. The summed E-state index contributed by atoms with van der Waals surface area (Å²) in [5.74, 6) is -0.438. The average Bonchev–Trinajstić information content (AvgIpc) is 3.68. The molecule has 2 N–H and O–H groups in total. The molecule has 2 aromatic carbocycles. The highest BCUT2D eigenvalue weighted by atomic mass is 32.1. The highest BCUT2D eigenvalue weighted by molar-refractivity contribution is 7.80. The van der Waals surface area contributed by atoms with Gasteiger partial charge in [0.1, 0.15) is 5.69 Å². The van der Waals surface area contributed by atoms with Gasteiger partial charge in [-0.1, -0.05) is 6.07 Å². The van der Waals surface area contributed by atoms with Crippen molar-refractivity contribution in [2.45, 2.75) is 12.8 Å². The smallest absolute Gasteiger partial charge is 0.293 e. The van der Waals surface area contributed by atoms with E-state index in [2.05, 4.69) is 15.5 Å². The SMILES string of the molecule is O=C(NC(=S)Nc1ccc(N2CCN(C(=O)c3cccs3)CC2)cc1)c1ccc(N2CCCC2)c([N+](=O)[O-])c1. The number of carbonyl (C=O) groups is 2. The van der Waals surface area contributed by atoms with Crippen LogP contribution in [0.2, 0.25) is 0 Å². The molecule has 0 bridgehead atoms. The molecule has 0 unspecified atom stereocenters. The first-order valence-corrected chi connectivity index (χ1v) is 14.0. The third-order valence-electron chi connectivity index (χ3n) is 6.90. The number of hydrogen-bond donors (Lipinski definition) is 2. The Morgan fingerprint density at radius 2 is 1.64 bits per heavy atom. The van der Waals surface area contributed by atoms with Crippen LogP contribution in [0.25, 0.3) is 0 Å². The summed E-state index contributed by atoms with van der Waals surface area (Å²) in [6, 6.07) is 15.9. The standard InChI is InChI=1S/C27H28N6O4S2/c34-25(19-5-10-22(23(18-19)33(36)37)31-11-1-2-12-31)29-27(38)28-20-6-8-21(9-7-20)30-13-15-32(16-14-30)26(35)24-4-3-17-39-24/h3-10,17-18H,1-2,11-16H2,(H2,28,29,34,38). The van der Waals surface area contributed by atoms with E-state index in [9.17, 15) is 19.7 Å². The summed E-state index contributed by atoms with van der Waals surface area (Å²) >= 11 is 6.77. The topological polar surface area (TPSA) is 111 Å². The molecule has 3 aromatic rings. The maximum absolute atomic E-state index is 12.8. The number of nitro groups is 1. The van der Waals surface area contributed by atoms with Crippen LogP contribution in [0.15, 0.2) is 60.0 Å². The molecular weight excluding hydrogens is 536 g/mol. The third kappa shape index (κ3) is 6.18. The first-order chi connectivity index (χ1) is 18.9. The Morgan fingerprint density at radius 1 is 0.923 bits per heavy atom. The molecular formula is C27H28N6O4S2. The van der Waals surface area contributed by atoms with Crippen LogP contribution in [-0.2, 0) is 0 Å². The Labute approximate surface area is 235 Å². The minimum atomic E-state index is -0.518. The van der Waals surface area contributed by atoms with Gasteiger partial charge in [0.2, 0.25) is 0 Å². The molecule has 2 aliphatic rings. The van der Waals surface area contributed by atoms with Gasteiger partial charge in [0.25, 0.3) is 17.5 Å². The number of benzene rings is 2. The monoisotopic (exact) mass is 564 g/mol. The fourth-order valence-corrected chi connectivity index (χ4v) is 5.75. The molecule has 2 fully saturated rings. The van der Waals surface area contributed by atoms with E-state index in [1.807, 2.05) is 51.6 Å². The molecule has 1 aromatic heterocycles. The normalized spacial score (nSPS) is 15.2. The van der Waals surface area contributed by atoms with Crippen molar-refractivity contribution in [2.75, 3.05) is 54.4 Å². The van der Waals surface area contributed by atoms with Crippen molar-refractivity contribution in [3.8, 4) is 0 Å². The van der Waals surface area contributed by atoms with Crippen LogP contribution in [0, 0.1) is 10.1 Å². The zero-order valence-electron chi connectivity index (χ0n) is 21.2. The van der Waals surface area contributed by atoms with Crippen molar-refractivity contribution in [2.24, 2.45) is 0 Å². The van der Waals surface area contributed by atoms with Crippen LogP contribution < -0.4 is 20.4 Å². The number of nitrogens with zero attached hydrogens (tertiary/aromatic N) is 4. The zero-order chi connectivity index (χ0) is 27.4. The van der Waals surface area contributed by atoms with Crippen LogP contribution in [-0.4, -0.2) is 66.0 Å². The van der Waals surface area contributed by atoms with Crippen LogP contribution in [0.4, 0.5) is 22.7 Å². The summed E-state index contributed by atoms with van der Waals surface area (Å²) < 4.78 is 0. The molecule has 39 heavy (non-hydrogen) atoms. The number of thiophene rings is 1. The molecule has 0 saturated carbocycles. The molecule has 0 radical (unpaired) electrons. The number of piperazine rings is 1. The first kappa shape index (κ1) is 26.6. The predicted molar refractivity (Wildman–Crippen MR) is 157 cm³/mol. The number of anilines is 3. The maximum Gasteiger partial charge on any atom is 0.293 e. The van der Waals surface area contributed by atoms with Crippen molar-refractivity contribution in [1.29, 1.82) is 0 Å². The minimum Gasteiger partial charge on any atom is -0.368 e. The first-order valence-electron chi connectivity index (χ1n) is 12.7. The lowest BCUT2D eigenvalue weighted by Gasteiger charge is -2.36. The van der Waals surface area contributed by atoms with E-state index in [0.717, 1.165) is 49.6 Å². The second-order valence-corrected chi connectivity index (χ2v) is 10.7. The molecule has 5 rings (SSSR count). The largest absolute Gasteiger partial charge is 0.368 e. The average molecular weight is 565 g/mol. The Kier molecular flexibility index (Phi) is 8.03. The Morgan fingerprint density at radius 3 is 2.28 bits per heavy atom. The highest BCUT2D eigenvalue weighted by Crippen LogP contribution is 2.31. The van der Waals surface area contributed by atoms with Crippen molar-refractivity contribution in [1.82, 2.24) is 10.2 Å². The number of hydrogen-bond acceptors (Lipinski definition) is 8. The Balaban J connectivity index is 1.14. The van der Waals surface area contributed by atoms with Crippen molar-refractivity contribution in [3.63, 3.8) is 0 Å². The summed E-state index contributed by atoms with van der Waals surface area (Å²) in [6.45, 7) is 4.32. The van der Waals surface area contributed by atoms with Gasteiger partial charge in [-0.25, -0.2) is 0 Å². The molecule has 10 nitrogen and oxygen atoms in total. The van der Waals surface area contributed by atoms with Crippen LogP contribution in [0.5, 0.6) is 0 Å². The Hall–Kier alpha value is -4.03. The van der Waals surface area contributed by atoms with E-state index < -0.39 is 10.8 Å². The number of rotatable bonds is 6. The van der Waals surface area contributed by atoms with Crippen molar-refractivity contribution >= 4 is 63.2 Å². The van der Waals surface area contributed by atoms with Crippen molar-refractivity contribution in [3.05, 3.63) is 80.5 Å². The molecule has 2 saturated heterocycles. The quantitative estimate of drug-likeness (QED) is 0.258. The molecule has 12 heteroatoms. The van der Waals surface area contributed by atoms with E-state index in [1.165, 1.54) is 17.4 Å². The summed E-state index contributed by atoms with van der Waals surface area (Å²) in [5.41, 5.74) is 2.34. The fraction of sp³-hybridized carbons (Fsp3) is 0.296. The predicted octanol–water partition coefficient (Wildman–Crippen LogP) is 4.35. The lowest BCUT2D eigenvalue weighted by Crippen LogP contribution is -2.48. The molecule has 202 valence electrons. The lowest BCUT2D eigenvalue weighted by molar-refractivity contribution is -0.384. The zero-order valence-corrected chi connectivity index (χ0v) is 22.8. The van der Waals surface area contributed by atoms with E-state index in [0.29, 0.717) is 24.5 Å². The summed E-state index contributed by atoms with van der Waals surface area (Å²) in [6.07, 6.45) is 1.99. The number of thiocarbonyl (C=S) groups is 1.